The zero-order valence-corrected chi connectivity index (χ0v) is 21.0. The van der Waals surface area contributed by atoms with E-state index in [0.29, 0.717) is 18.5 Å². The van der Waals surface area contributed by atoms with Crippen LogP contribution < -0.4 is 27.0 Å². The highest BCUT2D eigenvalue weighted by atomic mass is 16.4. The number of carbonyl (C=O) groups excluding carboxylic acids is 4. The highest BCUT2D eigenvalue weighted by molar-refractivity contribution is 5.95. The van der Waals surface area contributed by atoms with Crippen molar-refractivity contribution in [3.8, 4) is 0 Å². The second kappa shape index (κ2) is 13.0. The van der Waals surface area contributed by atoms with Crippen molar-refractivity contribution in [2.75, 3.05) is 6.54 Å². The fraction of sp³-hybridized carbons (Fsp3) is 0.480. The Balaban J connectivity index is 1.72. The van der Waals surface area contributed by atoms with Gasteiger partial charge in [-0.05, 0) is 44.4 Å². The van der Waals surface area contributed by atoms with E-state index in [0.717, 1.165) is 17.3 Å². The smallest absolute Gasteiger partial charge is 0.326 e. The number of aromatic amines is 1. The van der Waals surface area contributed by atoms with E-state index in [4.69, 9.17) is 5.73 Å². The van der Waals surface area contributed by atoms with Gasteiger partial charge in [0.1, 0.15) is 18.1 Å². The zero-order valence-electron chi connectivity index (χ0n) is 21.0. The van der Waals surface area contributed by atoms with E-state index >= 15 is 0 Å². The maximum Gasteiger partial charge on any atom is 0.326 e. The second-order valence-corrected chi connectivity index (χ2v) is 9.40. The van der Waals surface area contributed by atoms with Gasteiger partial charge in [-0.3, -0.25) is 19.2 Å². The number of H-pyrrole nitrogens is 1. The third-order valence-corrected chi connectivity index (χ3v) is 6.47. The Morgan fingerprint density at radius 2 is 1.79 bits per heavy atom. The number of aliphatic hydroxyl groups is 1. The fourth-order valence-electron chi connectivity index (χ4n) is 4.38. The topological polar surface area (TPSA) is 216 Å². The number of nitrogens with two attached hydrogens (primary N) is 1. The molecular formula is C25H34N6O7. The summed E-state index contributed by atoms with van der Waals surface area (Å²) in [6.45, 7) is 1.97. The number of carbonyl (C=O) groups is 5. The number of hydrogen-bond donors (Lipinski definition) is 8. The lowest BCUT2D eigenvalue weighted by atomic mass is 10.0. The first kappa shape index (κ1) is 28.6. The Hall–Kier alpha value is -3.97. The summed E-state index contributed by atoms with van der Waals surface area (Å²) in [6.07, 6.45) is 1.22. The van der Waals surface area contributed by atoms with E-state index in [1.165, 1.54) is 6.92 Å². The predicted molar refractivity (Wildman–Crippen MR) is 137 cm³/mol. The first-order valence-electron chi connectivity index (χ1n) is 12.5. The monoisotopic (exact) mass is 530 g/mol. The molecule has 1 aliphatic heterocycles. The minimum atomic E-state index is -1.38. The molecular weight excluding hydrogens is 496 g/mol. The first-order chi connectivity index (χ1) is 18.1. The molecule has 0 bridgehead atoms. The molecule has 0 spiro atoms. The van der Waals surface area contributed by atoms with Crippen LogP contribution in [0.15, 0.2) is 30.5 Å². The lowest BCUT2D eigenvalue weighted by Crippen LogP contribution is -2.59. The van der Waals surface area contributed by atoms with Gasteiger partial charge in [0.15, 0.2) is 0 Å². The standard InChI is InChI=1S/C25H34N6O7/c1-13(32)21(31-22(34)17-7-4-10-27-17)24(36)29-18(8-9-20(26)33)23(35)30-19(25(37)38)11-14-12-28-16-6-3-2-5-15(14)16/h2-3,5-6,12-13,17-19,21,27-28,32H,4,7-11H2,1H3,(H2,26,33)(H,29,36)(H,30,35)(H,31,34)(H,37,38). The molecule has 0 radical (unpaired) electrons. The van der Waals surface area contributed by atoms with Crippen LogP contribution in [0.3, 0.4) is 0 Å². The Morgan fingerprint density at radius 1 is 1.08 bits per heavy atom. The maximum absolute atomic E-state index is 13.1. The quantitative estimate of drug-likeness (QED) is 0.154. The summed E-state index contributed by atoms with van der Waals surface area (Å²) in [5.41, 5.74) is 6.70. The summed E-state index contributed by atoms with van der Waals surface area (Å²) in [6, 6.07) is 2.74. The maximum atomic E-state index is 13.1. The van der Waals surface area contributed by atoms with Gasteiger partial charge in [-0.2, -0.15) is 0 Å². The van der Waals surface area contributed by atoms with E-state index in [1.54, 1.807) is 6.20 Å². The van der Waals surface area contributed by atoms with Crippen molar-refractivity contribution in [1.29, 1.82) is 0 Å². The largest absolute Gasteiger partial charge is 0.480 e. The van der Waals surface area contributed by atoms with Crippen LogP contribution in [0.1, 0.15) is 38.2 Å². The van der Waals surface area contributed by atoms with Crippen molar-refractivity contribution in [1.82, 2.24) is 26.3 Å². The number of hydrogen-bond acceptors (Lipinski definition) is 7. The molecule has 1 aromatic carbocycles. The van der Waals surface area contributed by atoms with Crippen LogP contribution in [0.2, 0.25) is 0 Å². The minimum Gasteiger partial charge on any atom is -0.480 e. The average molecular weight is 531 g/mol. The number of fused-ring (bicyclic) bond motifs is 1. The van der Waals surface area contributed by atoms with E-state index < -0.39 is 59.9 Å². The van der Waals surface area contributed by atoms with Gasteiger partial charge in [0.25, 0.3) is 0 Å². The number of carboxylic acid groups (broad SMARTS) is 1. The molecule has 2 aromatic rings. The number of nitrogens with one attached hydrogen (secondary N) is 5. The van der Waals surface area contributed by atoms with E-state index in [2.05, 4.69) is 26.3 Å². The summed E-state index contributed by atoms with van der Waals surface area (Å²) >= 11 is 0. The summed E-state index contributed by atoms with van der Waals surface area (Å²) in [5, 5.41) is 31.0. The van der Waals surface area contributed by atoms with Crippen molar-refractivity contribution >= 4 is 40.5 Å². The lowest BCUT2D eigenvalue weighted by molar-refractivity contribution is -0.142. The van der Waals surface area contributed by atoms with Crippen LogP contribution in [-0.4, -0.2) is 81.6 Å². The molecule has 1 aromatic heterocycles. The van der Waals surface area contributed by atoms with E-state index in [1.807, 2.05) is 24.3 Å². The molecule has 0 aliphatic carbocycles. The van der Waals surface area contributed by atoms with Gasteiger partial charge in [0.05, 0.1) is 12.1 Å². The molecule has 4 amide bonds. The SMILES string of the molecule is CC(O)C(NC(=O)C1CCCN1)C(=O)NC(CCC(N)=O)C(=O)NC(Cc1c[nH]c2ccccc12)C(=O)O. The van der Waals surface area contributed by atoms with Crippen molar-refractivity contribution in [2.24, 2.45) is 5.73 Å². The van der Waals surface area contributed by atoms with Crippen molar-refractivity contribution in [3.05, 3.63) is 36.0 Å². The van der Waals surface area contributed by atoms with Gasteiger partial charge in [-0.15, -0.1) is 0 Å². The third-order valence-electron chi connectivity index (χ3n) is 6.47. The number of carboxylic acids is 1. The van der Waals surface area contributed by atoms with Crippen LogP contribution in [0.5, 0.6) is 0 Å². The van der Waals surface area contributed by atoms with Crippen molar-refractivity contribution in [3.63, 3.8) is 0 Å². The number of aromatic nitrogens is 1. The molecule has 206 valence electrons. The number of aliphatic carboxylic acids is 1. The zero-order chi connectivity index (χ0) is 27.8. The summed E-state index contributed by atoms with van der Waals surface area (Å²) in [5.74, 6) is -4.19. The number of amides is 4. The van der Waals surface area contributed by atoms with Crippen LogP contribution in [-0.2, 0) is 30.4 Å². The minimum absolute atomic E-state index is 0.0394. The number of aliphatic hydroxyl groups excluding tert-OH is 1. The number of rotatable bonds is 13. The Bertz CT molecular complexity index is 1170. The number of primary amides is 1. The van der Waals surface area contributed by atoms with Crippen LogP contribution in [0, 0.1) is 0 Å². The molecule has 1 fully saturated rings. The van der Waals surface area contributed by atoms with Crippen molar-refractivity contribution < 1.29 is 34.2 Å². The molecule has 3 rings (SSSR count). The average Bonchev–Trinajstić information content (AvgIpc) is 3.54. The highest BCUT2D eigenvalue weighted by Crippen LogP contribution is 2.19. The van der Waals surface area contributed by atoms with Gasteiger partial charge in [-0.25, -0.2) is 4.79 Å². The van der Waals surface area contributed by atoms with Gasteiger partial charge in [-0.1, -0.05) is 18.2 Å². The van der Waals surface area contributed by atoms with Gasteiger partial charge < -0.3 is 42.2 Å². The number of para-hydroxylation sites is 1. The molecule has 1 aliphatic rings. The van der Waals surface area contributed by atoms with Gasteiger partial charge in [0, 0.05) is 29.9 Å². The third kappa shape index (κ3) is 7.52. The molecule has 9 N–H and O–H groups in total. The molecule has 0 saturated carbocycles. The fourth-order valence-corrected chi connectivity index (χ4v) is 4.38. The summed E-state index contributed by atoms with van der Waals surface area (Å²) in [7, 11) is 0. The van der Waals surface area contributed by atoms with E-state index in [-0.39, 0.29) is 19.3 Å². The summed E-state index contributed by atoms with van der Waals surface area (Å²) < 4.78 is 0. The van der Waals surface area contributed by atoms with Crippen LogP contribution >= 0.6 is 0 Å². The molecule has 5 unspecified atom stereocenters. The molecule has 2 heterocycles. The van der Waals surface area contributed by atoms with Gasteiger partial charge in [0.2, 0.25) is 23.6 Å². The predicted octanol–water partition coefficient (Wildman–Crippen LogP) is -1.35. The second-order valence-electron chi connectivity index (χ2n) is 9.40. The van der Waals surface area contributed by atoms with Crippen molar-refractivity contribution in [2.45, 2.75) is 69.3 Å². The Morgan fingerprint density at radius 3 is 2.42 bits per heavy atom. The lowest BCUT2D eigenvalue weighted by Gasteiger charge is -2.26. The Kier molecular flexibility index (Phi) is 9.79. The summed E-state index contributed by atoms with van der Waals surface area (Å²) in [4.78, 5) is 65.0. The first-order valence-corrected chi connectivity index (χ1v) is 12.5. The molecule has 13 heteroatoms. The Labute approximate surface area is 218 Å². The highest BCUT2D eigenvalue weighted by Gasteiger charge is 2.33. The van der Waals surface area contributed by atoms with E-state index in [9.17, 15) is 34.2 Å². The molecule has 38 heavy (non-hydrogen) atoms. The molecule has 13 nitrogen and oxygen atoms in total. The number of benzene rings is 1. The molecule has 5 atom stereocenters. The van der Waals surface area contributed by atoms with Crippen LogP contribution in [0.25, 0.3) is 10.9 Å². The van der Waals surface area contributed by atoms with Gasteiger partial charge >= 0.3 is 5.97 Å². The van der Waals surface area contributed by atoms with Crippen LogP contribution in [0.4, 0.5) is 0 Å². The molecule has 1 saturated heterocycles. The normalized spacial score (nSPS) is 18.2.